The summed E-state index contributed by atoms with van der Waals surface area (Å²) in [5.41, 5.74) is -1.52. The van der Waals surface area contributed by atoms with Gasteiger partial charge in [0.2, 0.25) is 0 Å². The van der Waals surface area contributed by atoms with E-state index in [1.807, 2.05) is 6.07 Å². The lowest BCUT2D eigenvalue weighted by molar-refractivity contribution is -0.158. The number of likely N-dealkylation sites (tertiary alicyclic amines) is 1. The van der Waals surface area contributed by atoms with E-state index in [0.717, 1.165) is 0 Å². The van der Waals surface area contributed by atoms with Crippen molar-refractivity contribution in [2.75, 3.05) is 19.7 Å². The van der Waals surface area contributed by atoms with Crippen LogP contribution in [0.5, 0.6) is 0 Å². The zero-order valence-corrected chi connectivity index (χ0v) is 13.3. The van der Waals surface area contributed by atoms with E-state index in [-0.39, 0.29) is 19.6 Å². The van der Waals surface area contributed by atoms with Crippen molar-refractivity contribution in [3.05, 3.63) is 0 Å². The quantitative estimate of drug-likeness (QED) is 0.747. The number of rotatable bonds is 3. The van der Waals surface area contributed by atoms with E-state index in [0.29, 0.717) is 19.4 Å². The maximum Gasteiger partial charge on any atom is 0.410 e. The summed E-state index contributed by atoms with van der Waals surface area (Å²) in [4.78, 5) is 25.9. The molecule has 0 bridgehead atoms. The van der Waals surface area contributed by atoms with Crippen molar-refractivity contribution in [2.45, 2.75) is 52.6 Å². The van der Waals surface area contributed by atoms with Gasteiger partial charge in [-0.3, -0.25) is 4.79 Å². The smallest absolute Gasteiger partial charge is 0.410 e. The molecule has 0 aliphatic carbocycles. The molecule has 1 aliphatic heterocycles. The number of amides is 1. The number of carbonyl (C=O) groups excluding carboxylic acids is 2. The van der Waals surface area contributed by atoms with E-state index in [4.69, 9.17) is 14.7 Å². The van der Waals surface area contributed by atoms with Gasteiger partial charge in [-0.2, -0.15) is 5.26 Å². The first-order valence-electron chi connectivity index (χ1n) is 7.26. The van der Waals surface area contributed by atoms with Crippen LogP contribution < -0.4 is 0 Å². The second-order valence-corrected chi connectivity index (χ2v) is 6.34. The van der Waals surface area contributed by atoms with Crippen LogP contribution in [0.1, 0.15) is 47.0 Å². The average molecular weight is 296 g/mol. The van der Waals surface area contributed by atoms with E-state index < -0.39 is 23.1 Å². The standard InChI is InChI=1S/C15H24N2O4/c1-5-20-12(18)15(8-9-16)7-6-10-17(11-15)13(19)21-14(2,3)4/h5-8,10-11H2,1-4H3/t15-/m1/s1. The van der Waals surface area contributed by atoms with Gasteiger partial charge in [0.25, 0.3) is 0 Å². The van der Waals surface area contributed by atoms with Crippen LogP contribution in [0.2, 0.25) is 0 Å². The zero-order chi connectivity index (χ0) is 16.1. The Balaban J connectivity index is 2.86. The van der Waals surface area contributed by atoms with Gasteiger partial charge < -0.3 is 14.4 Å². The Hall–Kier alpha value is -1.77. The molecule has 1 saturated heterocycles. The fourth-order valence-electron chi connectivity index (χ4n) is 2.43. The molecule has 1 amide bonds. The molecule has 0 spiro atoms. The summed E-state index contributed by atoms with van der Waals surface area (Å²) in [7, 11) is 0. The van der Waals surface area contributed by atoms with E-state index >= 15 is 0 Å². The highest BCUT2D eigenvalue weighted by molar-refractivity contribution is 5.79. The van der Waals surface area contributed by atoms with Gasteiger partial charge in [0.15, 0.2) is 0 Å². The van der Waals surface area contributed by atoms with Crippen molar-refractivity contribution < 1.29 is 19.1 Å². The molecular formula is C15H24N2O4. The van der Waals surface area contributed by atoms with Crippen LogP contribution in [0.25, 0.3) is 0 Å². The van der Waals surface area contributed by atoms with Crippen molar-refractivity contribution in [3.63, 3.8) is 0 Å². The number of hydrogen-bond donors (Lipinski definition) is 0. The average Bonchev–Trinajstić information content (AvgIpc) is 2.37. The molecular weight excluding hydrogens is 272 g/mol. The van der Waals surface area contributed by atoms with Crippen LogP contribution in [-0.2, 0) is 14.3 Å². The lowest BCUT2D eigenvalue weighted by Gasteiger charge is -2.39. The molecule has 0 aromatic rings. The van der Waals surface area contributed by atoms with Gasteiger partial charge in [0.05, 0.1) is 24.5 Å². The molecule has 6 nitrogen and oxygen atoms in total. The molecule has 1 atom stereocenters. The lowest BCUT2D eigenvalue weighted by atomic mass is 9.77. The highest BCUT2D eigenvalue weighted by Crippen LogP contribution is 2.35. The van der Waals surface area contributed by atoms with Gasteiger partial charge in [-0.1, -0.05) is 0 Å². The Morgan fingerprint density at radius 2 is 2.05 bits per heavy atom. The van der Waals surface area contributed by atoms with E-state index in [9.17, 15) is 9.59 Å². The molecule has 1 heterocycles. The molecule has 6 heteroatoms. The minimum Gasteiger partial charge on any atom is -0.465 e. The van der Waals surface area contributed by atoms with Crippen molar-refractivity contribution >= 4 is 12.1 Å². The maximum absolute atomic E-state index is 12.2. The van der Waals surface area contributed by atoms with E-state index in [1.165, 1.54) is 4.90 Å². The Bertz CT molecular complexity index is 436. The van der Waals surface area contributed by atoms with Crippen LogP contribution in [0.15, 0.2) is 0 Å². The van der Waals surface area contributed by atoms with E-state index in [2.05, 4.69) is 0 Å². The van der Waals surface area contributed by atoms with Crippen LogP contribution in [0.4, 0.5) is 4.79 Å². The molecule has 0 aromatic carbocycles. The second-order valence-electron chi connectivity index (χ2n) is 6.34. The molecule has 0 radical (unpaired) electrons. The number of hydrogen-bond acceptors (Lipinski definition) is 5. The summed E-state index contributed by atoms with van der Waals surface area (Å²) >= 11 is 0. The minimum atomic E-state index is -0.931. The van der Waals surface area contributed by atoms with Crippen molar-refractivity contribution in [3.8, 4) is 6.07 Å². The molecule has 21 heavy (non-hydrogen) atoms. The molecule has 1 rings (SSSR count). The minimum absolute atomic E-state index is 0.0468. The number of carbonyl (C=O) groups is 2. The van der Waals surface area contributed by atoms with Gasteiger partial charge >= 0.3 is 12.1 Å². The normalized spacial score (nSPS) is 22.3. The van der Waals surface area contributed by atoms with Crippen LogP contribution >= 0.6 is 0 Å². The van der Waals surface area contributed by atoms with Gasteiger partial charge in [-0.15, -0.1) is 0 Å². The Labute approximate surface area is 126 Å². The fourth-order valence-corrected chi connectivity index (χ4v) is 2.43. The predicted octanol–water partition coefficient (Wildman–Crippen LogP) is 2.48. The maximum atomic E-state index is 12.2. The Morgan fingerprint density at radius 1 is 1.38 bits per heavy atom. The third-order valence-electron chi connectivity index (χ3n) is 3.35. The number of nitrogens with zero attached hydrogens (tertiary/aromatic N) is 2. The van der Waals surface area contributed by atoms with Crippen molar-refractivity contribution in [1.29, 1.82) is 5.26 Å². The summed E-state index contributed by atoms with van der Waals surface area (Å²) < 4.78 is 10.4. The summed E-state index contributed by atoms with van der Waals surface area (Å²) in [6.07, 6.45) is 0.803. The summed E-state index contributed by atoms with van der Waals surface area (Å²) in [6, 6.07) is 2.05. The van der Waals surface area contributed by atoms with Gasteiger partial charge in [-0.25, -0.2) is 4.79 Å². The first-order chi connectivity index (χ1) is 9.74. The predicted molar refractivity (Wildman–Crippen MR) is 76.3 cm³/mol. The Kier molecular flexibility index (Phi) is 5.59. The SMILES string of the molecule is CCOC(=O)[C@@]1(CC#N)CCCN(C(=O)OC(C)(C)C)C1. The van der Waals surface area contributed by atoms with Gasteiger partial charge in [-0.05, 0) is 40.5 Å². The molecule has 0 aromatic heterocycles. The number of esters is 1. The molecule has 1 aliphatic rings. The van der Waals surface area contributed by atoms with Gasteiger partial charge in [0.1, 0.15) is 5.60 Å². The second kappa shape index (κ2) is 6.79. The molecule has 0 saturated carbocycles. The first kappa shape index (κ1) is 17.3. The summed E-state index contributed by atoms with van der Waals surface area (Å²) in [5, 5.41) is 9.02. The first-order valence-corrected chi connectivity index (χ1v) is 7.26. The molecule has 1 fully saturated rings. The topological polar surface area (TPSA) is 79.6 Å². The summed E-state index contributed by atoms with van der Waals surface area (Å²) in [6.45, 7) is 8.08. The largest absolute Gasteiger partial charge is 0.465 e. The molecule has 0 N–H and O–H groups in total. The van der Waals surface area contributed by atoms with Crippen LogP contribution in [0, 0.1) is 16.7 Å². The Morgan fingerprint density at radius 3 is 2.57 bits per heavy atom. The van der Waals surface area contributed by atoms with Gasteiger partial charge in [0, 0.05) is 13.1 Å². The van der Waals surface area contributed by atoms with Crippen molar-refractivity contribution in [1.82, 2.24) is 4.90 Å². The number of ether oxygens (including phenoxy) is 2. The number of piperidine rings is 1. The third kappa shape index (κ3) is 4.62. The molecule has 0 unspecified atom stereocenters. The zero-order valence-electron chi connectivity index (χ0n) is 13.3. The molecule has 118 valence electrons. The number of nitriles is 1. The van der Waals surface area contributed by atoms with Crippen LogP contribution in [-0.4, -0.2) is 42.3 Å². The third-order valence-corrected chi connectivity index (χ3v) is 3.35. The highest BCUT2D eigenvalue weighted by Gasteiger charge is 2.45. The fraction of sp³-hybridized carbons (Fsp3) is 0.800. The lowest BCUT2D eigenvalue weighted by Crippen LogP contribution is -2.51. The monoisotopic (exact) mass is 296 g/mol. The van der Waals surface area contributed by atoms with E-state index in [1.54, 1.807) is 27.7 Å². The van der Waals surface area contributed by atoms with Crippen molar-refractivity contribution in [2.24, 2.45) is 5.41 Å². The highest BCUT2D eigenvalue weighted by atomic mass is 16.6. The van der Waals surface area contributed by atoms with Crippen LogP contribution in [0.3, 0.4) is 0 Å². The summed E-state index contributed by atoms with van der Waals surface area (Å²) in [5.74, 6) is -0.403.